The minimum Gasteiger partial charge on any atom is -0.348 e. The van der Waals surface area contributed by atoms with E-state index in [0.717, 1.165) is 54.5 Å². The maximum Gasteiger partial charge on any atom is 0.277 e. The second-order valence-electron chi connectivity index (χ2n) is 7.99. The Morgan fingerprint density at radius 3 is 2.15 bits per heavy atom. The second-order valence-corrected chi connectivity index (χ2v) is 7.99. The van der Waals surface area contributed by atoms with Crippen molar-refractivity contribution >= 4 is 17.3 Å². The van der Waals surface area contributed by atoms with Crippen LogP contribution in [0.2, 0.25) is 0 Å². The fraction of sp³-hybridized carbons (Fsp3) is 0.167. The highest BCUT2D eigenvalue weighted by molar-refractivity contribution is 5.95. The Balaban J connectivity index is 1.40. The average Bonchev–Trinajstić information content (AvgIpc) is 3.24. The smallest absolute Gasteiger partial charge is 0.277 e. The number of carbonyl (C=O) groups is 1. The zero-order chi connectivity index (χ0) is 24.2. The summed E-state index contributed by atoms with van der Waals surface area (Å²) in [5, 5.41) is 33.7. The number of non-ortho nitro benzene ring substituents is 2. The number of hydrogen-bond acceptors (Lipinski definition) is 7. The molecular formula is C24H19N5O5. The largest absolute Gasteiger partial charge is 0.348 e. The summed E-state index contributed by atoms with van der Waals surface area (Å²) in [4.78, 5) is 35.3. The number of nitro benzene ring substituents is 2. The molecule has 1 amide bonds. The number of amides is 1. The van der Waals surface area contributed by atoms with Crippen molar-refractivity contribution in [1.82, 2.24) is 10.2 Å². The molecule has 0 bridgehead atoms. The van der Waals surface area contributed by atoms with Gasteiger partial charge in [0.1, 0.15) is 0 Å². The van der Waals surface area contributed by atoms with Crippen molar-refractivity contribution in [2.24, 2.45) is 0 Å². The van der Waals surface area contributed by atoms with Crippen molar-refractivity contribution < 1.29 is 14.6 Å². The highest BCUT2D eigenvalue weighted by Gasteiger charge is 2.21. The van der Waals surface area contributed by atoms with E-state index in [2.05, 4.69) is 16.3 Å². The van der Waals surface area contributed by atoms with Gasteiger partial charge in [-0.05, 0) is 34.4 Å². The topological polar surface area (TPSA) is 142 Å². The molecule has 0 fully saturated rings. The van der Waals surface area contributed by atoms with Gasteiger partial charge in [-0.15, -0.1) is 0 Å². The summed E-state index contributed by atoms with van der Waals surface area (Å²) in [5.41, 5.74) is 3.76. The highest BCUT2D eigenvalue weighted by Crippen LogP contribution is 2.26. The summed E-state index contributed by atoms with van der Waals surface area (Å²) in [7, 11) is 0. The molecule has 0 unspecified atom stereocenters. The molecule has 170 valence electrons. The van der Waals surface area contributed by atoms with E-state index in [-0.39, 0.29) is 12.1 Å². The molecule has 1 heterocycles. The van der Waals surface area contributed by atoms with Gasteiger partial charge in [-0.25, -0.2) is 0 Å². The molecule has 1 aliphatic rings. The molecule has 10 nitrogen and oxygen atoms in total. The van der Waals surface area contributed by atoms with Gasteiger partial charge in [-0.3, -0.25) is 29.9 Å². The van der Waals surface area contributed by atoms with E-state index in [0.29, 0.717) is 5.56 Å². The van der Waals surface area contributed by atoms with Crippen molar-refractivity contribution in [2.45, 2.75) is 26.2 Å². The number of carbonyl (C=O) groups excluding carboxylic acids is 1. The molecule has 4 rings (SSSR count). The molecular weight excluding hydrogens is 438 g/mol. The normalized spacial score (nSPS) is 12.6. The number of fused-ring (bicyclic) bond motifs is 1. The lowest BCUT2D eigenvalue weighted by Crippen LogP contribution is -2.23. The molecule has 3 aromatic carbocycles. The van der Waals surface area contributed by atoms with Gasteiger partial charge in [0.25, 0.3) is 17.3 Å². The first-order chi connectivity index (χ1) is 16.3. The van der Waals surface area contributed by atoms with Gasteiger partial charge in [-0.1, -0.05) is 30.3 Å². The third-order valence-electron chi connectivity index (χ3n) is 5.59. The summed E-state index contributed by atoms with van der Waals surface area (Å²) in [5.74, 6) is -0.630. The Labute approximate surface area is 194 Å². The van der Waals surface area contributed by atoms with Crippen LogP contribution >= 0.6 is 0 Å². The SMILES string of the molecule is N#Cc1ccc(CN2Cc3ccc(CNC(=O)c4cc([N+](=O)[O-])cc([N+](=O)[O-])c4)cc3C2)cc1. The van der Waals surface area contributed by atoms with E-state index >= 15 is 0 Å². The lowest BCUT2D eigenvalue weighted by atomic mass is 10.1. The van der Waals surface area contributed by atoms with Gasteiger partial charge in [-0.2, -0.15) is 5.26 Å². The van der Waals surface area contributed by atoms with Crippen LogP contribution < -0.4 is 5.32 Å². The fourth-order valence-electron chi connectivity index (χ4n) is 3.90. The average molecular weight is 457 g/mol. The van der Waals surface area contributed by atoms with Crippen molar-refractivity contribution in [3.63, 3.8) is 0 Å². The Kier molecular flexibility index (Phi) is 6.29. The van der Waals surface area contributed by atoms with Gasteiger partial charge in [0.05, 0.1) is 33.1 Å². The number of nitro groups is 2. The monoisotopic (exact) mass is 457 g/mol. The van der Waals surface area contributed by atoms with Gasteiger partial charge in [0, 0.05) is 38.3 Å². The van der Waals surface area contributed by atoms with E-state index in [1.54, 1.807) is 12.1 Å². The molecule has 1 aliphatic heterocycles. The lowest BCUT2D eigenvalue weighted by Gasteiger charge is -2.14. The predicted molar refractivity (Wildman–Crippen MR) is 121 cm³/mol. The molecule has 0 aromatic heterocycles. The van der Waals surface area contributed by atoms with Crippen LogP contribution in [-0.4, -0.2) is 20.7 Å². The summed E-state index contributed by atoms with van der Waals surface area (Å²) in [6.07, 6.45) is 0. The number of benzene rings is 3. The molecule has 0 saturated heterocycles. The predicted octanol–water partition coefficient (Wildman–Crippen LogP) is 3.82. The van der Waals surface area contributed by atoms with Crippen LogP contribution in [-0.2, 0) is 26.2 Å². The van der Waals surface area contributed by atoms with Gasteiger partial charge >= 0.3 is 0 Å². The zero-order valence-corrected chi connectivity index (χ0v) is 17.9. The summed E-state index contributed by atoms with van der Waals surface area (Å²) >= 11 is 0. The van der Waals surface area contributed by atoms with E-state index in [1.165, 1.54) is 5.56 Å². The van der Waals surface area contributed by atoms with Crippen molar-refractivity contribution in [3.8, 4) is 6.07 Å². The Hall–Kier alpha value is -4.62. The molecule has 0 saturated carbocycles. The lowest BCUT2D eigenvalue weighted by molar-refractivity contribution is -0.394. The van der Waals surface area contributed by atoms with E-state index in [9.17, 15) is 25.0 Å². The van der Waals surface area contributed by atoms with E-state index in [1.807, 2.05) is 30.3 Å². The third kappa shape index (κ3) is 5.06. The number of nitrogens with zero attached hydrogens (tertiary/aromatic N) is 4. The van der Waals surface area contributed by atoms with Crippen LogP contribution in [0.25, 0.3) is 0 Å². The first-order valence-electron chi connectivity index (χ1n) is 10.4. The molecule has 1 N–H and O–H groups in total. The van der Waals surface area contributed by atoms with Crippen molar-refractivity contribution in [3.05, 3.63) is 114 Å². The highest BCUT2D eigenvalue weighted by atomic mass is 16.6. The maximum absolute atomic E-state index is 12.5. The molecule has 0 spiro atoms. The Bertz CT molecular complexity index is 1300. The summed E-state index contributed by atoms with van der Waals surface area (Å²) < 4.78 is 0. The van der Waals surface area contributed by atoms with E-state index in [4.69, 9.17) is 5.26 Å². The first kappa shape index (κ1) is 22.6. The van der Waals surface area contributed by atoms with Gasteiger partial charge < -0.3 is 5.32 Å². The number of nitriles is 1. The second kappa shape index (κ2) is 9.48. The number of nitrogens with one attached hydrogen (secondary N) is 1. The summed E-state index contributed by atoms with van der Waals surface area (Å²) in [6, 6.07) is 18.4. The minimum absolute atomic E-state index is 0.143. The van der Waals surface area contributed by atoms with Crippen LogP contribution in [0.15, 0.2) is 60.7 Å². The minimum atomic E-state index is -0.770. The van der Waals surface area contributed by atoms with Crippen molar-refractivity contribution in [2.75, 3.05) is 0 Å². The van der Waals surface area contributed by atoms with Crippen LogP contribution in [0.4, 0.5) is 11.4 Å². The molecule has 3 aromatic rings. The van der Waals surface area contributed by atoms with Gasteiger partial charge in [0.2, 0.25) is 0 Å². The van der Waals surface area contributed by atoms with Gasteiger partial charge in [0.15, 0.2) is 0 Å². The molecule has 0 radical (unpaired) electrons. The summed E-state index contributed by atoms with van der Waals surface area (Å²) in [6.45, 7) is 2.46. The van der Waals surface area contributed by atoms with Crippen LogP contribution in [0.1, 0.15) is 38.2 Å². The maximum atomic E-state index is 12.5. The molecule has 0 atom stereocenters. The Morgan fingerprint density at radius 1 is 0.912 bits per heavy atom. The quantitative estimate of drug-likeness (QED) is 0.420. The zero-order valence-electron chi connectivity index (χ0n) is 17.9. The van der Waals surface area contributed by atoms with Crippen molar-refractivity contribution in [1.29, 1.82) is 5.26 Å². The van der Waals surface area contributed by atoms with Crippen LogP contribution in [0, 0.1) is 31.6 Å². The third-order valence-corrected chi connectivity index (χ3v) is 5.59. The van der Waals surface area contributed by atoms with E-state index < -0.39 is 27.1 Å². The van der Waals surface area contributed by atoms with Crippen LogP contribution in [0.3, 0.4) is 0 Å². The number of rotatable bonds is 7. The fourth-order valence-corrected chi connectivity index (χ4v) is 3.90. The molecule has 34 heavy (non-hydrogen) atoms. The molecule has 0 aliphatic carbocycles. The molecule has 10 heteroatoms. The number of hydrogen-bond donors (Lipinski definition) is 1. The van der Waals surface area contributed by atoms with Crippen LogP contribution in [0.5, 0.6) is 0 Å². The Morgan fingerprint density at radius 2 is 1.53 bits per heavy atom. The standard InChI is InChI=1S/C24H19N5O5/c25-11-16-1-3-17(4-2-16)13-27-14-19-6-5-18(7-21(19)15-27)12-26-24(30)20-8-22(28(31)32)10-23(9-20)29(33)34/h1-10H,12-15H2,(H,26,30). The first-order valence-corrected chi connectivity index (χ1v) is 10.4.